The second-order valence-electron chi connectivity index (χ2n) is 8.98. The Hall–Kier alpha value is -2.58. The molecule has 1 aliphatic heterocycles. The number of rotatable bonds is 10. The van der Waals surface area contributed by atoms with Crippen LogP contribution in [0.15, 0.2) is 53.8 Å². The molecule has 4 rings (SSSR count). The Balaban J connectivity index is 1.33. The zero-order valence-electron chi connectivity index (χ0n) is 19.7. The average Bonchev–Trinajstić information content (AvgIpc) is 3.26. The second-order valence-corrected chi connectivity index (χ2v) is 10.2. The molecule has 0 unspecified atom stereocenters. The lowest BCUT2D eigenvalue weighted by molar-refractivity contribution is -0.146. The number of likely N-dealkylation sites (tertiary alicyclic amines) is 1. The summed E-state index contributed by atoms with van der Waals surface area (Å²) < 4.78 is 22.7. The van der Waals surface area contributed by atoms with Gasteiger partial charge in [0.1, 0.15) is 11.9 Å². The summed E-state index contributed by atoms with van der Waals surface area (Å²) in [4.78, 5) is 19.8. The van der Waals surface area contributed by atoms with Crippen molar-refractivity contribution in [1.29, 1.82) is 0 Å². The predicted octanol–water partition coefficient (Wildman–Crippen LogP) is 5.19. The Kier molecular flexibility index (Phi) is 8.11. The topological polar surface area (TPSA) is 67.6 Å². The highest BCUT2D eigenvalue weighted by Gasteiger charge is 2.34. The zero-order chi connectivity index (χ0) is 24.1. The van der Waals surface area contributed by atoms with E-state index in [1.807, 2.05) is 36.0 Å². The molecule has 0 amide bonds. The number of hydrogen-bond donors (Lipinski definition) is 1. The maximum Gasteiger partial charge on any atom is 0.308 e. The standard InChI is InChI=1S/C26H32FN3O3S/c1-29-11-9-20(16-29)34-14-13-30-12-8-18(23(17-30)26(31)32)3-5-24(27)21-7-10-28-25-6-4-19(33-2)15-22(21)25/h4,6-7,9-11,15-16,18,23-24H,3,5,8,12-14,17H2,1-2H3,(H,31,32)/t18-,23+,24+/m1/s1. The molecule has 182 valence electrons. The highest BCUT2D eigenvalue weighted by molar-refractivity contribution is 7.99. The van der Waals surface area contributed by atoms with E-state index in [0.29, 0.717) is 30.7 Å². The lowest BCUT2D eigenvalue weighted by Gasteiger charge is -2.36. The molecule has 2 aromatic heterocycles. The number of ether oxygens (including phenoxy) is 1. The molecule has 0 saturated carbocycles. The number of benzene rings is 1. The number of carboxylic acid groups (broad SMARTS) is 1. The number of aryl methyl sites for hydroxylation is 1. The van der Waals surface area contributed by atoms with E-state index in [-0.39, 0.29) is 5.92 Å². The number of hydrogen-bond acceptors (Lipinski definition) is 5. The van der Waals surface area contributed by atoms with Crippen LogP contribution in [0.2, 0.25) is 0 Å². The molecule has 34 heavy (non-hydrogen) atoms. The van der Waals surface area contributed by atoms with Crippen molar-refractivity contribution in [3.63, 3.8) is 0 Å². The molecular formula is C26H32FN3O3S. The van der Waals surface area contributed by atoms with Gasteiger partial charge in [-0.1, -0.05) is 0 Å². The first-order valence-corrected chi connectivity index (χ1v) is 12.7. The van der Waals surface area contributed by atoms with E-state index in [4.69, 9.17) is 4.74 Å². The van der Waals surface area contributed by atoms with Crippen LogP contribution in [0.4, 0.5) is 4.39 Å². The van der Waals surface area contributed by atoms with Crippen LogP contribution in [0.3, 0.4) is 0 Å². The number of alkyl halides is 1. The van der Waals surface area contributed by atoms with Gasteiger partial charge in [-0.15, -0.1) is 11.8 Å². The van der Waals surface area contributed by atoms with E-state index in [2.05, 4.69) is 22.1 Å². The summed E-state index contributed by atoms with van der Waals surface area (Å²) in [5.74, 6) is 0.331. The number of pyridine rings is 1. The number of fused-ring (bicyclic) bond motifs is 1. The Morgan fingerprint density at radius 3 is 2.94 bits per heavy atom. The van der Waals surface area contributed by atoms with Crippen LogP contribution in [0.25, 0.3) is 10.9 Å². The molecule has 0 spiro atoms. The minimum atomic E-state index is -1.17. The van der Waals surface area contributed by atoms with Gasteiger partial charge in [0, 0.05) is 54.8 Å². The fourth-order valence-corrected chi connectivity index (χ4v) is 5.80. The molecule has 1 aliphatic rings. The highest BCUT2D eigenvalue weighted by Crippen LogP contribution is 2.35. The van der Waals surface area contributed by atoms with Crippen LogP contribution in [0, 0.1) is 11.8 Å². The molecule has 3 heterocycles. The molecule has 3 aromatic rings. The summed E-state index contributed by atoms with van der Waals surface area (Å²) in [5.41, 5.74) is 1.32. The number of aliphatic carboxylic acids is 1. The number of carboxylic acids is 1. The van der Waals surface area contributed by atoms with Crippen LogP contribution in [-0.2, 0) is 11.8 Å². The van der Waals surface area contributed by atoms with Gasteiger partial charge in [0.25, 0.3) is 0 Å². The Labute approximate surface area is 204 Å². The molecule has 0 aliphatic carbocycles. The third kappa shape index (κ3) is 5.91. The molecule has 8 heteroatoms. The van der Waals surface area contributed by atoms with E-state index in [0.717, 1.165) is 36.2 Å². The lowest BCUT2D eigenvalue weighted by atomic mass is 9.81. The van der Waals surface area contributed by atoms with Crippen molar-refractivity contribution in [3.8, 4) is 5.75 Å². The third-order valence-corrected chi connectivity index (χ3v) is 7.71. The Bertz CT molecular complexity index is 1120. The number of methoxy groups -OCH3 is 1. The van der Waals surface area contributed by atoms with Gasteiger partial charge in [0.15, 0.2) is 0 Å². The van der Waals surface area contributed by atoms with E-state index >= 15 is 4.39 Å². The molecule has 0 bridgehead atoms. The minimum Gasteiger partial charge on any atom is -0.497 e. The minimum absolute atomic E-state index is 0.0172. The predicted molar refractivity (Wildman–Crippen MR) is 133 cm³/mol. The molecule has 3 atom stereocenters. The summed E-state index contributed by atoms with van der Waals surface area (Å²) >= 11 is 1.79. The third-order valence-electron chi connectivity index (χ3n) is 6.75. The van der Waals surface area contributed by atoms with Crippen LogP contribution in [-0.4, -0.2) is 58.0 Å². The van der Waals surface area contributed by atoms with Gasteiger partial charge in [0.05, 0.1) is 18.5 Å². The summed E-state index contributed by atoms with van der Waals surface area (Å²) in [6.45, 7) is 2.24. The zero-order valence-corrected chi connectivity index (χ0v) is 20.5. The summed E-state index contributed by atoms with van der Waals surface area (Å²) in [7, 11) is 3.59. The van der Waals surface area contributed by atoms with Crippen LogP contribution in [0.1, 0.15) is 31.0 Å². The molecular weight excluding hydrogens is 453 g/mol. The van der Waals surface area contributed by atoms with E-state index in [1.54, 1.807) is 31.1 Å². The molecule has 6 nitrogen and oxygen atoms in total. The molecule has 0 radical (unpaired) electrons. The average molecular weight is 486 g/mol. The molecule has 1 fully saturated rings. The monoisotopic (exact) mass is 485 g/mol. The van der Waals surface area contributed by atoms with Gasteiger partial charge in [-0.25, -0.2) is 4.39 Å². The first-order chi connectivity index (χ1) is 16.4. The number of nitrogens with zero attached hydrogens (tertiary/aromatic N) is 3. The highest BCUT2D eigenvalue weighted by atomic mass is 32.2. The maximum atomic E-state index is 15.4. The number of thioether (sulfide) groups is 1. The Morgan fingerprint density at radius 2 is 2.21 bits per heavy atom. The smallest absolute Gasteiger partial charge is 0.308 e. The van der Waals surface area contributed by atoms with Crippen molar-refractivity contribution in [3.05, 3.63) is 54.5 Å². The van der Waals surface area contributed by atoms with Crippen LogP contribution in [0.5, 0.6) is 5.75 Å². The van der Waals surface area contributed by atoms with Crippen molar-refractivity contribution in [2.24, 2.45) is 18.9 Å². The lowest BCUT2D eigenvalue weighted by Crippen LogP contribution is -2.44. The van der Waals surface area contributed by atoms with Crippen molar-refractivity contribution in [1.82, 2.24) is 14.5 Å². The van der Waals surface area contributed by atoms with Gasteiger partial charge < -0.3 is 19.3 Å². The fourth-order valence-electron chi connectivity index (χ4n) is 4.81. The molecule has 1 aromatic carbocycles. The number of halogens is 1. The maximum absolute atomic E-state index is 15.4. The van der Waals surface area contributed by atoms with Crippen molar-refractivity contribution < 1.29 is 19.0 Å². The largest absolute Gasteiger partial charge is 0.497 e. The number of aromatic nitrogens is 2. The summed E-state index contributed by atoms with van der Waals surface area (Å²) in [5, 5.41) is 10.6. The van der Waals surface area contributed by atoms with E-state index in [9.17, 15) is 9.90 Å². The van der Waals surface area contributed by atoms with Crippen LogP contribution >= 0.6 is 11.8 Å². The van der Waals surface area contributed by atoms with E-state index < -0.39 is 18.1 Å². The second kappa shape index (κ2) is 11.2. The van der Waals surface area contributed by atoms with Gasteiger partial charge in [-0.05, 0) is 67.6 Å². The molecule has 1 N–H and O–H groups in total. The van der Waals surface area contributed by atoms with Crippen molar-refractivity contribution >= 4 is 28.6 Å². The van der Waals surface area contributed by atoms with Crippen molar-refractivity contribution in [2.75, 3.05) is 32.5 Å². The van der Waals surface area contributed by atoms with Gasteiger partial charge >= 0.3 is 5.97 Å². The fraction of sp³-hybridized carbons (Fsp3) is 0.462. The van der Waals surface area contributed by atoms with Crippen LogP contribution < -0.4 is 4.74 Å². The van der Waals surface area contributed by atoms with Gasteiger partial charge in [0.2, 0.25) is 0 Å². The van der Waals surface area contributed by atoms with Gasteiger partial charge in [-0.3, -0.25) is 9.78 Å². The SMILES string of the molecule is COc1ccc2nccc([C@@H](F)CC[C@@H]3CCN(CCSc4ccn(C)c4)C[C@@H]3C(=O)O)c2c1. The van der Waals surface area contributed by atoms with Gasteiger partial charge in [-0.2, -0.15) is 0 Å². The quantitative estimate of drug-likeness (QED) is 0.399. The molecule has 1 saturated heterocycles. The first kappa shape index (κ1) is 24.5. The number of piperidine rings is 1. The Morgan fingerprint density at radius 1 is 1.35 bits per heavy atom. The summed E-state index contributed by atoms with van der Waals surface area (Å²) in [6, 6.07) is 9.27. The number of carbonyl (C=O) groups is 1. The van der Waals surface area contributed by atoms with E-state index in [1.165, 1.54) is 4.90 Å². The van der Waals surface area contributed by atoms with Crippen molar-refractivity contribution in [2.45, 2.75) is 30.3 Å². The summed E-state index contributed by atoms with van der Waals surface area (Å²) in [6.07, 6.45) is 6.21. The first-order valence-electron chi connectivity index (χ1n) is 11.7. The normalized spacial score (nSPS) is 19.9.